The standard InChI is InChI=1S/C24H28N2O4S/c1-16-10-12-19(13-11-16)25-23(28)15-31-17(2)24(29)30-14-22(27)26-21-9-5-7-18-6-3-4-8-20(18)21/h3-4,6,8,10-13,17,21H,5,7,9,14-15H2,1-2H3,(H,25,28)(H,26,27)/t17-,21-/m1/s1. The SMILES string of the molecule is Cc1ccc(NC(=O)CS[C@H](C)C(=O)OCC(=O)N[C@@H]2CCCc3ccccc32)cc1. The number of rotatable bonds is 8. The highest BCUT2D eigenvalue weighted by molar-refractivity contribution is 8.01. The maximum absolute atomic E-state index is 12.3. The summed E-state index contributed by atoms with van der Waals surface area (Å²) in [7, 11) is 0. The average Bonchev–Trinajstić information content (AvgIpc) is 2.77. The molecule has 7 heteroatoms. The van der Waals surface area contributed by atoms with Crippen molar-refractivity contribution in [2.24, 2.45) is 0 Å². The van der Waals surface area contributed by atoms with Gasteiger partial charge in [-0.05, 0) is 56.4 Å². The van der Waals surface area contributed by atoms with E-state index in [2.05, 4.69) is 16.7 Å². The summed E-state index contributed by atoms with van der Waals surface area (Å²) in [5, 5.41) is 5.21. The average molecular weight is 441 g/mol. The van der Waals surface area contributed by atoms with Crippen LogP contribution in [0.1, 0.15) is 42.5 Å². The number of aryl methyl sites for hydroxylation is 2. The third-order valence-electron chi connectivity index (χ3n) is 5.18. The van der Waals surface area contributed by atoms with Gasteiger partial charge in [-0.25, -0.2) is 0 Å². The van der Waals surface area contributed by atoms with Crippen LogP contribution >= 0.6 is 11.8 Å². The Morgan fingerprint density at radius 1 is 1.10 bits per heavy atom. The van der Waals surface area contributed by atoms with Gasteiger partial charge in [-0.2, -0.15) is 0 Å². The Kier molecular flexibility index (Phi) is 8.12. The molecule has 6 nitrogen and oxygen atoms in total. The molecule has 0 radical (unpaired) electrons. The number of carbonyl (C=O) groups is 3. The molecule has 2 atom stereocenters. The van der Waals surface area contributed by atoms with Crippen LogP contribution in [0, 0.1) is 6.92 Å². The zero-order chi connectivity index (χ0) is 22.2. The van der Waals surface area contributed by atoms with Crippen molar-refractivity contribution in [1.29, 1.82) is 0 Å². The lowest BCUT2D eigenvalue weighted by Gasteiger charge is -2.26. The van der Waals surface area contributed by atoms with Crippen molar-refractivity contribution in [1.82, 2.24) is 5.32 Å². The molecular formula is C24H28N2O4S. The topological polar surface area (TPSA) is 84.5 Å². The van der Waals surface area contributed by atoms with Crippen molar-refractivity contribution in [2.75, 3.05) is 17.7 Å². The van der Waals surface area contributed by atoms with Crippen LogP contribution in [0.4, 0.5) is 5.69 Å². The molecule has 0 unspecified atom stereocenters. The highest BCUT2D eigenvalue weighted by atomic mass is 32.2. The first-order valence-corrected chi connectivity index (χ1v) is 11.5. The Balaban J connectivity index is 1.38. The van der Waals surface area contributed by atoms with Crippen LogP contribution in [0.15, 0.2) is 48.5 Å². The van der Waals surface area contributed by atoms with Crippen LogP contribution in [0.2, 0.25) is 0 Å². The van der Waals surface area contributed by atoms with Gasteiger partial charge in [-0.15, -0.1) is 11.8 Å². The van der Waals surface area contributed by atoms with Gasteiger partial charge in [0.25, 0.3) is 5.91 Å². The third kappa shape index (κ3) is 6.85. The molecule has 2 aromatic carbocycles. The van der Waals surface area contributed by atoms with E-state index in [1.165, 1.54) is 17.3 Å². The molecule has 2 amide bonds. The van der Waals surface area contributed by atoms with E-state index in [1.54, 1.807) is 6.92 Å². The van der Waals surface area contributed by atoms with Gasteiger partial charge in [-0.3, -0.25) is 14.4 Å². The largest absolute Gasteiger partial charge is 0.455 e. The van der Waals surface area contributed by atoms with Gasteiger partial charge >= 0.3 is 5.97 Å². The van der Waals surface area contributed by atoms with Gasteiger partial charge in [0.2, 0.25) is 5.91 Å². The van der Waals surface area contributed by atoms with Gasteiger partial charge in [0.05, 0.1) is 11.8 Å². The minimum absolute atomic E-state index is 0.0478. The van der Waals surface area contributed by atoms with E-state index in [0.717, 1.165) is 30.4 Å². The number of hydrogen-bond acceptors (Lipinski definition) is 5. The molecule has 31 heavy (non-hydrogen) atoms. The number of carbonyl (C=O) groups excluding carboxylic acids is 3. The van der Waals surface area contributed by atoms with Crippen molar-refractivity contribution < 1.29 is 19.1 Å². The van der Waals surface area contributed by atoms with E-state index in [4.69, 9.17) is 4.74 Å². The fourth-order valence-electron chi connectivity index (χ4n) is 3.50. The number of fused-ring (bicyclic) bond motifs is 1. The van der Waals surface area contributed by atoms with E-state index in [9.17, 15) is 14.4 Å². The van der Waals surface area contributed by atoms with E-state index in [-0.39, 0.29) is 30.2 Å². The molecule has 2 N–H and O–H groups in total. The monoisotopic (exact) mass is 440 g/mol. The minimum Gasteiger partial charge on any atom is -0.455 e. The first-order chi connectivity index (χ1) is 14.9. The molecule has 0 bridgehead atoms. The van der Waals surface area contributed by atoms with Gasteiger partial charge in [-0.1, -0.05) is 42.0 Å². The van der Waals surface area contributed by atoms with Gasteiger partial charge < -0.3 is 15.4 Å². The first kappa shape index (κ1) is 22.9. The molecule has 0 spiro atoms. The predicted molar refractivity (Wildman–Crippen MR) is 123 cm³/mol. The van der Waals surface area contributed by atoms with Gasteiger partial charge in [0.1, 0.15) is 5.25 Å². The van der Waals surface area contributed by atoms with Crippen LogP contribution in [0.3, 0.4) is 0 Å². The Labute approximate surface area is 187 Å². The van der Waals surface area contributed by atoms with E-state index in [1.807, 2.05) is 49.4 Å². The highest BCUT2D eigenvalue weighted by Gasteiger charge is 2.23. The minimum atomic E-state index is -0.549. The lowest BCUT2D eigenvalue weighted by Crippen LogP contribution is -2.35. The summed E-state index contributed by atoms with van der Waals surface area (Å²) in [6, 6.07) is 15.5. The Hall–Kier alpha value is -2.80. The molecule has 1 aliphatic carbocycles. The molecule has 3 rings (SSSR count). The molecular weight excluding hydrogens is 412 g/mol. The van der Waals surface area contributed by atoms with Crippen LogP contribution in [0.25, 0.3) is 0 Å². The number of hydrogen-bond donors (Lipinski definition) is 2. The lowest BCUT2D eigenvalue weighted by molar-refractivity contribution is -0.147. The van der Waals surface area contributed by atoms with E-state index in [0.29, 0.717) is 5.69 Å². The molecule has 0 saturated carbocycles. The summed E-state index contributed by atoms with van der Waals surface area (Å²) in [6.07, 6.45) is 2.91. The van der Waals surface area contributed by atoms with Gasteiger partial charge in [0, 0.05) is 5.69 Å². The molecule has 0 fully saturated rings. The second-order valence-corrected chi connectivity index (χ2v) is 9.02. The predicted octanol–water partition coefficient (Wildman–Crippen LogP) is 3.79. The molecule has 164 valence electrons. The molecule has 0 aromatic heterocycles. The smallest absolute Gasteiger partial charge is 0.319 e. The summed E-state index contributed by atoms with van der Waals surface area (Å²) in [4.78, 5) is 36.5. The summed E-state index contributed by atoms with van der Waals surface area (Å²) < 4.78 is 5.16. The quantitative estimate of drug-likeness (QED) is 0.610. The summed E-state index contributed by atoms with van der Waals surface area (Å²) >= 11 is 1.17. The van der Waals surface area contributed by atoms with Gasteiger partial charge in [0.15, 0.2) is 6.61 Å². The fraction of sp³-hybridized carbons (Fsp3) is 0.375. The number of anilines is 1. The zero-order valence-electron chi connectivity index (χ0n) is 17.9. The number of thioether (sulfide) groups is 1. The fourth-order valence-corrected chi connectivity index (χ4v) is 4.17. The molecule has 0 aliphatic heterocycles. The summed E-state index contributed by atoms with van der Waals surface area (Å²) in [5.74, 6) is -0.895. The Morgan fingerprint density at radius 3 is 2.61 bits per heavy atom. The number of ether oxygens (including phenoxy) is 1. The number of esters is 1. The Bertz CT molecular complexity index is 929. The molecule has 0 saturated heterocycles. The van der Waals surface area contributed by atoms with Crippen molar-refractivity contribution in [3.05, 3.63) is 65.2 Å². The molecule has 2 aromatic rings. The van der Waals surface area contributed by atoms with Crippen molar-refractivity contribution in [3.63, 3.8) is 0 Å². The van der Waals surface area contributed by atoms with Crippen molar-refractivity contribution in [3.8, 4) is 0 Å². The Morgan fingerprint density at radius 2 is 1.84 bits per heavy atom. The second-order valence-electron chi connectivity index (χ2n) is 7.69. The number of amides is 2. The van der Waals surface area contributed by atoms with E-state index < -0.39 is 11.2 Å². The maximum Gasteiger partial charge on any atom is 0.319 e. The highest BCUT2D eigenvalue weighted by Crippen LogP contribution is 2.29. The second kappa shape index (κ2) is 11.0. The maximum atomic E-state index is 12.3. The van der Waals surface area contributed by atoms with Crippen molar-refractivity contribution >= 4 is 35.2 Å². The first-order valence-electron chi connectivity index (χ1n) is 10.4. The van der Waals surface area contributed by atoms with Crippen LogP contribution in [-0.4, -0.2) is 35.4 Å². The lowest BCUT2D eigenvalue weighted by atomic mass is 9.88. The van der Waals surface area contributed by atoms with E-state index >= 15 is 0 Å². The van der Waals surface area contributed by atoms with Crippen molar-refractivity contribution in [2.45, 2.75) is 44.4 Å². The molecule has 0 heterocycles. The third-order valence-corrected chi connectivity index (χ3v) is 6.30. The summed E-state index contributed by atoms with van der Waals surface area (Å²) in [5.41, 5.74) is 4.22. The van der Waals surface area contributed by atoms with Crippen LogP contribution < -0.4 is 10.6 Å². The number of benzene rings is 2. The summed E-state index contributed by atoms with van der Waals surface area (Å²) in [6.45, 7) is 3.32. The van der Waals surface area contributed by atoms with Crippen LogP contribution in [-0.2, 0) is 25.5 Å². The normalized spacial score (nSPS) is 16.0. The number of nitrogens with one attached hydrogen (secondary N) is 2. The zero-order valence-corrected chi connectivity index (χ0v) is 18.7. The van der Waals surface area contributed by atoms with Crippen LogP contribution in [0.5, 0.6) is 0 Å². The molecule has 1 aliphatic rings.